The molecule has 2 aromatic heterocycles. The molecule has 18 heteroatoms. The number of ether oxygens (including phenoxy) is 4. The molecule has 1 N–H and O–H groups in total. The number of alkyl halides is 6. The molecule has 0 aliphatic carbocycles. The fourth-order valence-electron chi connectivity index (χ4n) is 3.69. The molecule has 3 heterocycles. The number of rotatable bonds is 1. The van der Waals surface area contributed by atoms with Crippen LogP contribution >= 0.6 is 0 Å². The number of carbonyl (C=O) groups excluding carboxylic acids is 2. The Morgan fingerprint density at radius 3 is 2.07 bits per heavy atom. The van der Waals surface area contributed by atoms with Crippen LogP contribution in [0.2, 0.25) is 0 Å². The van der Waals surface area contributed by atoms with Gasteiger partial charge < -0.3 is 28.5 Å². The minimum Gasteiger partial charge on any atom is -0.474 e. The SMILES string of the molecule is C[C@@H]1CCCOCC(O)(C(F)(F)F)c2nnc(o2)-c2nc(c(C(F)(F)F)cc2N(C(=O)OC(C)(C)C)C(=O)OC(C)(C)C)O1. The van der Waals surface area contributed by atoms with Crippen LogP contribution in [-0.2, 0) is 26.0 Å². The fraction of sp³-hybridized carbons (Fsp3) is 0.654. The summed E-state index contributed by atoms with van der Waals surface area (Å²) in [6.45, 7) is 8.13. The predicted molar refractivity (Wildman–Crippen MR) is 138 cm³/mol. The number of imide groups is 1. The number of nitrogens with zero attached hydrogens (tertiary/aromatic N) is 4. The van der Waals surface area contributed by atoms with Crippen LogP contribution in [0.5, 0.6) is 5.88 Å². The van der Waals surface area contributed by atoms with Crippen molar-refractivity contribution in [3.05, 3.63) is 17.5 Å². The van der Waals surface area contributed by atoms with Crippen molar-refractivity contribution in [1.82, 2.24) is 15.2 Å². The fourth-order valence-corrected chi connectivity index (χ4v) is 3.69. The number of anilines is 1. The lowest BCUT2D eigenvalue weighted by atomic mass is 10.1. The van der Waals surface area contributed by atoms with Gasteiger partial charge in [0.25, 0.3) is 17.4 Å². The zero-order valence-corrected chi connectivity index (χ0v) is 24.8. The highest BCUT2D eigenvalue weighted by molar-refractivity contribution is 6.11. The number of aromatic nitrogens is 3. The zero-order valence-electron chi connectivity index (χ0n) is 24.8. The van der Waals surface area contributed by atoms with Crippen molar-refractivity contribution in [2.24, 2.45) is 0 Å². The van der Waals surface area contributed by atoms with Gasteiger partial charge in [-0.05, 0) is 67.4 Å². The molecule has 44 heavy (non-hydrogen) atoms. The third-order valence-electron chi connectivity index (χ3n) is 5.64. The van der Waals surface area contributed by atoms with Crippen LogP contribution in [0.25, 0.3) is 11.6 Å². The summed E-state index contributed by atoms with van der Waals surface area (Å²) >= 11 is 0. The lowest BCUT2D eigenvalue weighted by Crippen LogP contribution is -2.46. The summed E-state index contributed by atoms with van der Waals surface area (Å²) in [5.74, 6) is -3.53. The van der Waals surface area contributed by atoms with E-state index in [4.69, 9.17) is 23.4 Å². The first-order valence-corrected chi connectivity index (χ1v) is 13.2. The standard InChI is InChI=1S/C26H32F6N4O8/c1-13-9-8-10-40-12-24(39,26(30,31)32)19-35-34-18(42-19)16-15(11-14(25(27,28)29)17(33-16)41-13)36(20(37)43-22(2,3)4)21(38)44-23(5,6)7/h11,13,39H,8-10,12H2,1-7H3/t13-,24?/m1/s1. The summed E-state index contributed by atoms with van der Waals surface area (Å²) in [7, 11) is 0. The van der Waals surface area contributed by atoms with Gasteiger partial charge in [0.15, 0.2) is 5.69 Å². The summed E-state index contributed by atoms with van der Waals surface area (Å²) in [6.07, 6.45) is -14.6. The molecule has 0 radical (unpaired) electrons. The van der Waals surface area contributed by atoms with Crippen molar-refractivity contribution in [2.75, 3.05) is 18.1 Å². The highest BCUT2D eigenvalue weighted by atomic mass is 19.4. The molecule has 2 atom stereocenters. The summed E-state index contributed by atoms with van der Waals surface area (Å²) in [5.41, 5.74) is -9.87. The molecule has 1 aliphatic heterocycles. The summed E-state index contributed by atoms with van der Waals surface area (Å²) < 4.78 is 111. The Morgan fingerprint density at radius 1 is 1.00 bits per heavy atom. The molecular formula is C26H32F6N4O8. The molecule has 2 amide bonds. The van der Waals surface area contributed by atoms with Crippen molar-refractivity contribution in [3.8, 4) is 17.5 Å². The van der Waals surface area contributed by atoms with E-state index in [0.29, 0.717) is 6.07 Å². The van der Waals surface area contributed by atoms with Gasteiger partial charge in [-0.25, -0.2) is 14.6 Å². The number of hydrogen-bond donors (Lipinski definition) is 1. The first kappa shape index (κ1) is 34.8. The monoisotopic (exact) mass is 642 g/mol. The van der Waals surface area contributed by atoms with Gasteiger partial charge in [-0.15, -0.1) is 10.2 Å². The van der Waals surface area contributed by atoms with Crippen LogP contribution in [-0.4, -0.2) is 69.2 Å². The molecule has 0 spiro atoms. The highest BCUT2D eigenvalue weighted by Gasteiger charge is 2.59. The Hall–Kier alpha value is -3.67. The number of aliphatic hydroxyl groups is 1. The number of fused-ring (bicyclic) bond motifs is 5. The average Bonchev–Trinajstić information content (AvgIpc) is 3.30. The number of hydrogen-bond acceptors (Lipinski definition) is 11. The van der Waals surface area contributed by atoms with Crippen LogP contribution in [0.3, 0.4) is 0 Å². The Balaban J connectivity index is 2.41. The number of carbonyl (C=O) groups is 2. The van der Waals surface area contributed by atoms with Gasteiger partial charge in [0.2, 0.25) is 5.88 Å². The van der Waals surface area contributed by atoms with Crippen LogP contribution in [0, 0.1) is 0 Å². The van der Waals surface area contributed by atoms with E-state index in [-0.39, 0.29) is 24.3 Å². The molecule has 0 saturated carbocycles. The van der Waals surface area contributed by atoms with E-state index >= 15 is 0 Å². The second-order valence-electron chi connectivity index (χ2n) is 11.9. The molecule has 4 bridgehead atoms. The molecule has 0 saturated heterocycles. The third kappa shape index (κ3) is 8.08. The number of pyridine rings is 1. The van der Waals surface area contributed by atoms with Crippen LogP contribution in [0.4, 0.5) is 41.6 Å². The van der Waals surface area contributed by atoms with E-state index < -0.39 is 88.7 Å². The largest absolute Gasteiger partial charge is 0.474 e. The van der Waals surface area contributed by atoms with E-state index in [1.54, 1.807) is 0 Å². The minimum absolute atomic E-state index is 0.000837. The summed E-state index contributed by atoms with van der Waals surface area (Å²) in [5, 5.41) is 17.3. The molecule has 0 aromatic carbocycles. The Labute approximate surface area is 247 Å². The second-order valence-corrected chi connectivity index (χ2v) is 11.9. The van der Waals surface area contributed by atoms with Gasteiger partial charge in [-0.1, -0.05) is 0 Å². The number of amides is 2. The first-order chi connectivity index (χ1) is 19.9. The second kappa shape index (κ2) is 12.0. The van der Waals surface area contributed by atoms with Crippen LogP contribution in [0.15, 0.2) is 10.5 Å². The van der Waals surface area contributed by atoms with Gasteiger partial charge >= 0.3 is 24.5 Å². The van der Waals surface area contributed by atoms with Crippen LogP contribution < -0.4 is 9.64 Å². The first-order valence-electron chi connectivity index (χ1n) is 13.2. The highest BCUT2D eigenvalue weighted by Crippen LogP contribution is 2.44. The smallest absolute Gasteiger partial charge is 0.428 e. The van der Waals surface area contributed by atoms with Gasteiger partial charge in [-0.2, -0.15) is 31.2 Å². The topological polar surface area (TPSA) is 146 Å². The maximum absolute atomic E-state index is 14.4. The lowest BCUT2D eigenvalue weighted by molar-refractivity contribution is -0.289. The van der Waals surface area contributed by atoms with Crippen molar-refractivity contribution in [3.63, 3.8) is 0 Å². The molecular weight excluding hydrogens is 610 g/mol. The zero-order chi connectivity index (χ0) is 33.5. The molecule has 3 rings (SSSR count). The summed E-state index contributed by atoms with van der Waals surface area (Å²) in [6, 6.07) is 0.299. The van der Waals surface area contributed by atoms with E-state index in [1.165, 1.54) is 48.5 Å². The molecule has 1 unspecified atom stereocenters. The molecule has 2 aromatic rings. The van der Waals surface area contributed by atoms with Gasteiger partial charge in [-0.3, -0.25) is 0 Å². The lowest BCUT2D eigenvalue weighted by Gasteiger charge is -2.30. The van der Waals surface area contributed by atoms with E-state index in [1.807, 2.05) is 0 Å². The minimum atomic E-state index is -5.41. The normalized spacial score (nSPS) is 20.3. The summed E-state index contributed by atoms with van der Waals surface area (Å²) in [4.78, 5) is 30.5. The van der Waals surface area contributed by atoms with E-state index in [0.717, 1.165) is 0 Å². The average molecular weight is 643 g/mol. The van der Waals surface area contributed by atoms with Gasteiger partial charge in [0.05, 0.1) is 18.4 Å². The quantitative estimate of drug-likeness (QED) is 0.357. The number of halogens is 6. The Morgan fingerprint density at radius 2 is 1.57 bits per heavy atom. The van der Waals surface area contributed by atoms with E-state index in [2.05, 4.69) is 15.2 Å². The maximum Gasteiger partial charge on any atom is 0.428 e. The van der Waals surface area contributed by atoms with Gasteiger partial charge in [0, 0.05) is 6.61 Å². The maximum atomic E-state index is 14.4. The van der Waals surface area contributed by atoms with Crippen molar-refractivity contribution in [1.29, 1.82) is 0 Å². The Bertz CT molecular complexity index is 1340. The van der Waals surface area contributed by atoms with Crippen molar-refractivity contribution < 1.29 is 64.4 Å². The van der Waals surface area contributed by atoms with E-state index in [9.17, 15) is 41.0 Å². The van der Waals surface area contributed by atoms with Crippen molar-refractivity contribution >= 4 is 17.9 Å². The predicted octanol–water partition coefficient (Wildman–Crippen LogP) is 6.15. The molecule has 12 nitrogen and oxygen atoms in total. The Kier molecular flexibility index (Phi) is 9.51. The molecule has 1 aliphatic rings. The van der Waals surface area contributed by atoms with Crippen molar-refractivity contribution in [2.45, 2.75) is 96.6 Å². The molecule has 0 fully saturated rings. The van der Waals surface area contributed by atoms with Crippen LogP contribution in [0.1, 0.15) is 72.8 Å². The molecule has 246 valence electrons. The third-order valence-corrected chi connectivity index (χ3v) is 5.64. The van der Waals surface area contributed by atoms with Gasteiger partial charge in [0.1, 0.15) is 16.8 Å².